The molecule has 0 radical (unpaired) electrons. The van der Waals surface area contributed by atoms with Crippen LogP contribution in [0.25, 0.3) is 0 Å². The van der Waals surface area contributed by atoms with Crippen molar-refractivity contribution in [2.24, 2.45) is 0 Å². The monoisotopic (exact) mass is 263 g/mol. The molecule has 1 aromatic carbocycles. The Morgan fingerprint density at radius 3 is 2.84 bits per heavy atom. The molecule has 0 heterocycles. The smallest absolute Gasteiger partial charge is 0.332 e. The molecule has 0 saturated heterocycles. The molecule has 0 bridgehead atoms. The van der Waals surface area contributed by atoms with Crippen LogP contribution in [0.3, 0.4) is 0 Å². The molecule has 19 heavy (non-hydrogen) atoms. The van der Waals surface area contributed by atoms with Gasteiger partial charge in [0.05, 0.1) is 12.1 Å². The third kappa shape index (κ3) is 5.55. The first-order chi connectivity index (χ1) is 9.17. The lowest BCUT2D eigenvalue weighted by molar-refractivity contribution is -0.141. The third-order valence-corrected chi connectivity index (χ3v) is 2.85. The van der Waals surface area contributed by atoms with E-state index in [2.05, 4.69) is 18.5 Å². The zero-order valence-electron chi connectivity index (χ0n) is 11.6. The number of unbranched alkanes of at least 4 members (excludes halogenated alkanes) is 1. The van der Waals surface area contributed by atoms with E-state index in [0.717, 1.165) is 17.7 Å². The van der Waals surface area contributed by atoms with Gasteiger partial charge in [0.2, 0.25) is 0 Å². The number of carbonyl (C=O) groups is 2. The standard InChI is InChI=1S/C15H21NO3/c1-3-4-6-13-8-9-14(12(2)11-13)16-19-15(18)7-5-10-17/h8-11,16H,3-7H2,1-2H3. The number of aldehydes is 1. The van der Waals surface area contributed by atoms with Gasteiger partial charge in [0.25, 0.3) is 0 Å². The minimum atomic E-state index is -0.429. The third-order valence-electron chi connectivity index (χ3n) is 2.85. The second-order valence-electron chi connectivity index (χ2n) is 4.53. The van der Waals surface area contributed by atoms with E-state index in [1.807, 2.05) is 19.1 Å². The molecule has 104 valence electrons. The van der Waals surface area contributed by atoms with Crippen molar-refractivity contribution in [3.8, 4) is 0 Å². The summed E-state index contributed by atoms with van der Waals surface area (Å²) in [6, 6.07) is 6.04. The molecule has 1 N–H and O–H groups in total. The zero-order valence-corrected chi connectivity index (χ0v) is 11.6. The molecule has 0 aliphatic carbocycles. The number of nitrogens with one attached hydrogen (secondary N) is 1. The lowest BCUT2D eigenvalue weighted by Gasteiger charge is -2.10. The van der Waals surface area contributed by atoms with Gasteiger partial charge in [-0.25, -0.2) is 10.3 Å². The lowest BCUT2D eigenvalue weighted by atomic mass is 10.1. The summed E-state index contributed by atoms with van der Waals surface area (Å²) in [5.41, 5.74) is 5.74. The van der Waals surface area contributed by atoms with Gasteiger partial charge < -0.3 is 9.63 Å². The summed E-state index contributed by atoms with van der Waals surface area (Å²) in [7, 11) is 0. The topological polar surface area (TPSA) is 55.4 Å². The van der Waals surface area contributed by atoms with Crippen LogP contribution in [0.4, 0.5) is 5.69 Å². The minimum Gasteiger partial charge on any atom is -0.343 e. The van der Waals surface area contributed by atoms with E-state index in [1.54, 1.807) is 0 Å². The average molecular weight is 263 g/mol. The highest BCUT2D eigenvalue weighted by Gasteiger charge is 2.05. The Kier molecular flexibility index (Phi) is 6.64. The summed E-state index contributed by atoms with van der Waals surface area (Å²) in [5.74, 6) is -0.429. The van der Waals surface area contributed by atoms with E-state index in [9.17, 15) is 9.59 Å². The molecule has 0 aromatic heterocycles. The summed E-state index contributed by atoms with van der Waals surface area (Å²) in [5, 5.41) is 0. The molecular weight excluding hydrogens is 242 g/mol. The predicted octanol–water partition coefficient (Wildman–Crippen LogP) is 3.19. The fourth-order valence-corrected chi connectivity index (χ4v) is 1.72. The molecule has 0 spiro atoms. The molecule has 0 atom stereocenters. The predicted molar refractivity (Wildman–Crippen MR) is 74.8 cm³/mol. The maximum absolute atomic E-state index is 11.3. The van der Waals surface area contributed by atoms with E-state index in [0.29, 0.717) is 6.29 Å². The van der Waals surface area contributed by atoms with Gasteiger partial charge in [0, 0.05) is 6.42 Å². The quantitative estimate of drug-likeness (QED) is 0.578. The Morgan fingerprint density at radius 1 is 1.42 bits per heavy atom. The van der Waals surface area contributed by atoms with Crippen LogP contribution in [0.15, 0.2) is 18.2 Å². The van der Waals surface area contributed by atoms with E-state index in [-0.39, 0.29) is 12.8 Å². The second-order valence-corrected chi connectivity index (χ2v) is 4.53. The van der Waals surface area contributed by atoms with Crippen LogP contribution in [-0.4, -0.2) is 12.3 Å². The number of aryl methyl sites for hydroxylation is 2. The summed E-state index contributed by atoms with van der Waals surface area (Å²) in [6.07, 6.45) is 4.41. The molecule has 0 aliphatic rings. The first-order valence-electron chi connectivity index (χ1n) is 6.66. The van der Waals surface area contributed by atoms with Gasteiger partial charge in [-0.3, -0.25) is 0 Å². The summed E-state index contributed by atoms with van der Waals surface area (Å²) in [6.45, 7) is 4.14. The molecule has 0 saturated carbocycles. The molecule has 4 nitrogen and oxygen atoms in total. The highest BCUT2D eigenvalue weighted by molar-refractivity contribution is 5.73. The Labute approximate surface area is 114 Å². The number of rotatable bonds is 8. The fraction of sp³-hybridized carbons (Fsp3) is 0.467. The highest BCUT2D eigenvalue weighted by Crippen LogP contribution is 2.18. The van der Waals surface area contributed by atoms with Crippen LogP contribution in [0.5, 0.6) is 0 Å². The van der Waals surface area contributed by atoms with Crippen molar-refractivity contribution in [1.29, 1.82) is 0 Å². The molecule has 0 fully saturated rings. The van der Waals surface area contributed by atoms with Crippen molar-refractivity contribution in [2.45, 2.75) is 46.0 Å². The van der Waals surface area contributed by atoms with Gasteiger partial charge in [0.1, 0.15) is 6.29 Å². The normalized spacial score (nSPS) is 10.0. The zero-order chi connectivity index (χ0) is 14.1. The van der Waals surface area contributed by atoms with Crippen molar-refractivity contribution in [3.05, 3.63) is 29.3 Å². The molecule has 0 amide bonds. The lowest BCUT2D eigenvalue weighted by Crippen LogP contribution is -2.11. The maximum atomic E-state index is 11.3. The van der Waals surface area contributed by atoms with E-state index in [1.165, 1.54) is 18.4 Å². The Morgan fingerprint density at radius 2 is 2.21 bits per heavy atom. The van der Waals surface area contributed by atoms with Crippen molar-refractivity contribution in [2.75, 3.05) is 5.48 Å². The van der Waals surface area contributed by atoms with Crippen LogP contribution in [-0.2, 0) is 20.8 Å². The molecule has 1 aromatic rings. The van der Waals surface area contributed by atoms with Crippen molar-refractivity contribution < 1.29 is 14.4 Å². The van der Waals surface area contributed by atoms with Crippen LogP contribution in [0.2, 0.25) is 0 Å². The number of hydrogen-bond donors (Lipinski definition) is 1. The van der Waals surface area contributed by atoms with Gasteiger partial charge in [-0.1, -0.05) is 25.5 Å². The maximum Gasteiger partial charge on any atom is 0.332 e. The van der Waals surface area contributed by atoms with Gasteiger partial charge >= 0.3 is 5.97 Å². The Bertz CT molecular complexity index is 429. The van der Waals surface area contributed by atoms with Gasteiger partial charge in [-0.2, -0.15) is 0 Å². The van der Waals surface area contributed by atoms with Crippen LogP contribution in [0.1, 0.15) is 43.7 Å². The van der Waals surface area contributed by atoms with Gasteiger partial charge in [-0.05, 0) is 37.0 Å². The molecule has 1 rings (SSSR count). The van der Waals surface area contributed by atoms with Gasteiger partial charge in [0.15, 0.2) is 0 Å². The molecule has 0 unspecified atom stereocenters. The van der Waals surface area contributed by atoms with Crippen LogP contribution >= 0.6 is 0 Å². The van der Waals surface area contributed by atoms with Crippen molar-refractivity contribution >= 4 is 17.9 Å². The van der Waals surface area contributed by atoms with E-state index in [4.69, 9.17) is 4.84 Å². The van der Waals surface area contributed by atoms with Gasteiger partial charge in [-0.15, -0.1) is 0 Å². The summed E-state index contributed by atoms with van der Waals surface area (Å²) >= 11 is 0. The Hall–Kier alpha value is -1.84. The average Bonchev–Trinajstić information content (AvgIpc) is 2.41. The van der Waals surface area contributed by atoms with Crippen molar-refractivity contribution in [3.63, 3.8) is 0 Å². The Balaban J connectivity index is 2.50. The minimum absolute atomic E-state index is 0.101. The number of anilines is 1. The number of benzene rings is 1. The second kappa shape index (κ2) is 8.29. The fourth-order valence-electron chi connectivity index (χ4n) is 1.72. The summed E-state index contributed by atoms with van der Waals surface area (Å²) in [4.78, 5) is 26.3. The summed E-state index contributed by atoms with van der Waals surface area (Å²) < 4.78 is 0. The number of carbonyl (C=O) groups excluding carboxylic acids is 2. The molecule has 4 heteroatoms. The molecular formula is C15H21NO3. The van der Waals surface area contributed by atoms with Crippen LogP contribution in [0, 0.1) is 6.92 Å². The van der Waals surface area contributed by atoms with Crippen LogP contribution < -0.4 is 5.48 Å². The number of hydrogen-bond acceptors (Lipinski definition) is 4. The molecule has 0 aliphatic heterocycles. The van der Waals surface area contributed by atoms with Crippen molar-refractivity contribution in [1.82, 2.24) is 0 Å². The van der Waals surface area contributed by atoms with E-state index < -0.39 is 5.97 Å². The SMILES string of the molecule is CCCCc1ccc(NOC(=O)CCC=O)c(C)c1. The first kappa shape index (κ1) is 15.2. The first-order valence-corrected chi connectivity index (χ1v) is 6.66. The largest absolute Gasteiger partial charge is 0.343 e. The highest BCUT2D eigenvalue weighted by atomic mass is 16.7. The van der Waals surface area contributed by atoms with E-state index >= 15 is 0 Å².